The van der Waals surface area contributed by atoms with Crippen LogP contribution in [0.3, 0.4) is 0 Å². The molecule has 0 aromatic rings. The molecule has 0 N–H and O–H groups in total. The Morgan fingerprint density at radius 3 is 1.96 bits per heavy atom. The molecule has 0 aromatic carbocycles. The molecule has 0 spiro atoms. The van der Waals surface area contributed by atoms with E-state index < -0.39 is 8.80 Å². The molecule has 1 aliphatic carbocycles. The van der Waals surface area contributed by atoms with Gasteiger partial charge in [0, 0.05) is 25.9 Å². The minimum atomic E-state index is -2.53. The first-order valence-corrected chi connectivity index (χ1v) is 12.7. The van der Waals surface area contributed by atoms with Crippen molar-refractivity contribution in [2.75, 3.05) is 19.8 Å². The van der Waals surface area contributed by atoms with Crippen molar-refractivity contribution in [1.29, 1.82) is 0 Å². The SMILES string of the molecule is CCO[Si](CCC(CC(C)C(C)=S)C1CCCCC1)(OCC)OCC. The summed E-state index contributed by atoms with van der Waals surface area (Å²) in [6.07, 6.45) is 9.27. The second-order valence-corrected chi connectivity index (χ2v) is 10.8. The van der Waals surface area contributed by atoms with E-state index in [1.54, 1.807) is 0 Å². The van der Waals surface area contributed by atoms with Crippen LogP contribution in [0.1, 0.15) is 79.6 Å². The topological polar surface area (TPSA) is 27.7 Å². The minimum Gasteiger partial charge on any atom is -0.374 e. The van der Waals surface area contributed by atoms with Crippen molar-refractivity contribution in [2.45, 2.75) is 85.6 Å². The fourth-order valence-corrected chi connectivity index (χ4v) is 6.96. The lowest BCUT2D eigenvalue weighted by Gasteiger charge is -2.35. The van der Waals surface area contributed by atoms with Crippen LogP contribution in [-0.4, -0.2) is 33.5 Å². The maximum atomic E-state index is 6.07. The van der Waals surface area contributed by atoms with Gasteiger partial charge in [-0.05, 0) is 63.2 Å². The molecule has 2 atom stereocenters. The highest BCUT2D eigenvalue weighted by Gasteiger charge is 2.41. The van der Waals surface area contributed by atoms with Gasteiger partial charge in [-0.1, -0.05) is 51.2 Å². The highest BCUT2D eigenvalue weighted by Crippen LogP contribution is 2.38. The Labute approximate surface area is 162 Å². The molecule has 0 aliphatic heterocycles. The quantitative estimate of drug-likeness (QED) is 0.284. The van der Waals surface area contributed by atoms with Crippen LogP contribution in [-0.2, 0) is 13.3 Å². The lowest BCUT2D eigenvalue weighted by Crippen LogP contribution is -2.46. The molecule has 0 bridgehead atoms. The summed E-state index contributed by atoms with van der Waals surface area (Å²) in [4.78, 5) is 1.14. The Bertz CT molecular complexity index is 355. The van der Waals surface area contributed by atoms with Gasteiger partial charge in [0.05, 0.1) is 0 Å². The van der Waals surface area contributed by atoms with Gasteiger partial charge >= 0.3 is 8.80 Å². The Morgan fingerprint density at radius 2 is 1.52 bits per heavy atom. The monoisotopic (exact) mass is 388 g/mol. The van der Waals surface area contributed by atoms with Gasteiger partial charge in [0.2, 0.25) is 0 Å². The second-order valence-electron chi connectivity index (χ2n) is 7.43. The molecule has 0 heterocycles. The van der Waals surface area contributed by atoms with Crippen molar-refractivity contribution in [3.05, 3.63) is 0 Å². The number of thiocarbonyl (C=S) groups is 1. The largest absolute Gasteiger partial charge is 0.500 e. The molecule has 5 heteroatoms. The van der Waals surface area contributed by atoms with Crippen molar-refractivity contribution >= 4 is 25.9 Å². The summed E-state index contributed by atoms with van der Waals surface area (Å²) in [5.74, 6) is 2.06. The molecule has 1 saturated carbocycles. The van der Waals surface area contributed by atoms with Crippen LogP contribution in [0.2, 0.25) is 6.04 Å². The van der Waals surface area contributed by atoms with E-state index in [4.69, 9.17) is 25.5 Å². The van der Waals surface area contributed by atoms with Crippen molar-refractivity contribution < 1.29 is 13.3 Å². The Balaban J connectivity index is 2.79. The van der Waals surface area contributed by atoms with E-state index in [1.165, 1.54) is 38.5 Å². The average molecular weight is 389 g/mol. The molecule has 148 valence electrons. The van der Waals surface area contributed by atoms with E-state index in [-0.39, 0.29) is 0 Å². The summed E-state index contributed by atoms with van der Waals surface area (Å²) in [7, 11) is -2.53. The third-order valence-electron chi connectivity index (χ3n) is 5.58. The Morgan fingerprint density at radius 1 is 1.00 bits per heavy atom. The molecular weight excluding hydrogens is 348 g/mol. The maximum Gasteiger partial charge on any atom is 0.500 e. The summed E-state index contributed by atoms with van der Waals surface area (Å²) in [6.45, 7) is 12.5. The fourth-order valence-electron chi connectivity index (χ4n) is 4.14. The molecule has 0 saturated heterocycles. The lowest BCUT2D eigenvalue weighted by atomic mass is 9.75. The highest BCUT2D eigenvalue weighted by molar-refractivity contribution is 7.80. The molecular formula is C20H40O3SSi. The first-order valence-electron chi connectivity index (χ1n) is 10.4. The van der Waals surface area contributed by atoms with Crippen LogP contribution < -0.4 is 0 Å². The minimum absolute atomic E-state index is 0.518. The van der Waals surface area contributed by atoms with E-state index in [1.807, 2.05) is 20.8 Å². The van der Waals surface area contributed by atoms with Crippen LogP contribution in [0, 0.1) is 17.8 Å². The third-order valence-corrected chi connectivity index (χ3v) is 9.07. The van der Waals surface area contributed by atoms with Gasteiger partial charge in [-0.15, -0.1) is 0 Å². The van der Waals surface area contributed by atoms with E-state index in [9.17, 15) is 0 Å². The zero-order valence-electron chi connectivity index (χ0n) is 17.1. The number of hydrogen-bond acceptors (Lipinski definition) is 4. The molecule has 25 heavy (non-hydrogen) atoms. The predicted molar refractivity (Wildman–Crippen MR) is 112 cm³/mol. The van der Waals surface area contributed by atoms with Gasteiger partial charge in [0.25, 0.3) is 0 Å². The van der Waals surface area contributed by atoms with Crippen LogP contribution in [0.25, 0.3) is 0 Å². The molecule has 1 fully saturated rings. The maximum absolute atomic E-state index is 6.07. The Hall–Kier alpha value is 0.187. The molecule has 0 radical (unpaired) electrons. The van der Waals surface area contributed by atoms with E-state index >= 15 is 0 Å². The van der Waals surface area contributed by atoms with Crippen LogP contribution >= 0.6 is 12.2 Å². The van der Waals surface area contributed by atoms with Crippen molar-refractivity contribution in [2.24, 2.45) is 17.8 Å². The zero-order valence-corrected chi connectivity index (χ0v) is 19.0. The standard InChI is InChI=1S/C20H40O3SSi/c1-6-21-25(22-7-2,23-8-3)15-14-20(16-17(4)18(5)24)19-12-10-9-11-13-19/h17,19-20H,6-16H2,1-5H3. The van der Waals surface area contributed by atoms with Gasteiger partial charge in [0.1, 0.15) is 0 Å². The molecule has 0 amide bonds. The molecule has 3 nitrogen and oxygen atoms in total. The van der Waals surface area contributed by atoms with E-state index in [0.717, 1.165) is 23.2 Å². The van der Waals surface area contributed by atoms with Gasteiger partial charge < -0.3 is 13.3 Å². The van der Waals surface area contributed by atoms with Gasteiger partial charge in [0.15, 0.2) is 0 Å². The molecule has 1 rings (SSSR count). The summed E-state index contributed by atoms with van der Waals surface area (Å²) >= 11 is 5.46. The zero-order chi connectivity index (χ0) is 18.7. The van der Waals surface area contributed by atoms with Crippen LogP contribution in [0.15, 0.2) is 0 Å². The normalized spacial score (nSPS) is 18.9. The van der Waals surface area contributed by atoms with E-state index in [0.29, 0.717) is 31.7 Å². The predicted octanol–water partition coefficient (Wildman–Crippen LogP) is 6.04. The van der Waals surface area contributed by atoms with Crippen molar-refractivity contribution in [3.63, 3.8) is 0 Å². The van der Waals surface area contributed by atoms with Crippen molar-refractivity contribution in [1.82, 2.24) is 0 Å². The Kier molecular flexibility index (Phi) is 11.7. The lowest BCUT2D eigenvalue weighted by molar-refractivity contribution is 0.0675. The molecule has 0 aromatic heterocycles. The van der Waals surface area contributed by atoms with Gasteiger partial charge in [-0.3, -0.25) is 0 Å². The molecule has 1 aliphatic rings. The first kappa shape index (κ1) is 23.2. The summed E-state index contributed by atoms with van der Waals surface area (Å²) in [5.41, 5.74) is 0. The summed E-state index contributed by atoms with van der Waals surface area (Å²) in [6, 6.07) is 0.937. The van der Waals surface area contributed by atoms with Crippen molar-refractivity contribution in [3.8, 4) is 0 Å². The first-order chi connectivity index (χ1) is 12.0. The second kappa shape index (κ2) is 12.6. The highest BCUT2D eigenvalue weighted by atomic mass is 32.1. The fraction of sp³-hybridized carbons (Fsp3) is 0.950. The van der Waals surface area contributed by atoms with Crippen LogP contribution in [0.5, 0.6) is 0 Å². The number of rotatable bonds is 13. The summed E-state index contributed by atoms with van der Waals surface area (Å²) in [5, 5.41) is 0. The number of hydrogen-bond donors (Lipinski definition) is 0. The third kappa shape index (κ3) is 8.16. The van der Waals surface area contributed by atoms with Crippen LogP contribution in [0.4, 0.5) is 0 Å². The summed E-state index contributed by atoms with van der Waals surface area (Å²) < 4.78 is 18.2. The smallest absolute Gasteiger partial charge is 0.374 e. The molecule has 2 unspecified atom stereocenters. The van der Waals surface area contributed by atoms with Gasteiger partial charge in [-0.25, -0.2) is 0 Å². The van der Waals surface area contributed by atoms with Gasteiger partial charge in [-0.2, -0.15) is 0 Å². The average Bonchev–Trinajstić information content (AvgIpc) is 2.59. The van der Waals surface area contributed by atoms with E-state index in [2.05, 4.69) is 13.8 Å².